The minimum absolute atomic E-state index is 0.0334. The Hall–Kier alpha value is -0.890. The molecular formula is C10H15F3N2O2. The zero-order chi connectivity index (χ0) is 13.3. The van der Waals surface area contributed by atoms with Crippen LogP contribution in [0.15, 0.2) is 23.3 Å². The average Bonchev–Trinajstić information content (AvgIpc) is 2.18. The van der Waals surface area contributed by atoms with Gasteiger partial charge in [0.25, 0.3) is 0 Å². The molecule has 98 valence electrons. The number of nitrogens with two attached hydrogens (primary N) is 2. The molecule has 6 N–H and O–H groups in total. The molecule has 0 radical (unpaired) electrons. The van der Waals surface area contributed by atoms with Gasteiger partial charge >= 0.3 is 6.18 Å². The third-order valence-electron chi connectivity index (χ3n) is 2.55. The lowest BCUT2D eigenvalue weighted by molar-refractivity contribution is -0.0924. The van der Waals surface area contributed by atoms with E-state index >= 15 is 0 Å². The van der Waals surface area contributed by atoms with Crippen LogP contribution in [0.3, 0.4) is 0 Å². The number of rotatable bonds is 3. The van der Waals surface area contributed by atoms with Crippen LogP contribution in [0.25, 0.3) is 0 Å². The van der Waals surface area contributed by atoms with Gasteiger partial charge in [-0.3, -0.25) is 5.73 Å². The molecule has 2 atom stereocenters. The normalized spacial score (nSPS) is 29.9. The molecule has 0 bridgehead atoms. The molecular weight excluding hydrogens is 237 g/mol. The first kappa shape index (κ1) is 14.2. The molecule has 0 heterocycles. The molecule has 1 aliphatic rings. The molecule has 0 fully saturated rings. The van der Waals surface area contributed by atoms with Crippen molar-refractivity contribution in [3.05, 3.63) is 23.3 Å². The molecule has 0 amide bonds. The van der Waals surface area contributed by atoms with Gasteiger partial charge < -0.3 is 15.9 Å². The van der Waals surface area contributed by atoms with Gasteiger partial charge in [0.2, 0.25) is 0 Å². The maximum Gasteiger partial charge on any atom is 0.416 e. The minimum atomic E-state index is -4.60. The van der Waals surface area contributed by atoms with Crippen LogP contribution in [0.4, 0.5) is 13.2 Å². The van der Waals surface area contributed by atoms with Crippen LogP contribution < -0.4 is 11.5 Å². The Bertz CT molecular complexity index is 348. The van der Waals surface area contributed by atoms with Crippen molar-refractivity contribution in [1.29, 1.82) is 0 Å². The second-order valence-electron chi connectivity index (χ2n) is 3.99. The average molecular weight is 252 g/mol. The summed E-state index contributed by atoms with van der Waals surface area (Å²) in [4.78, 5) is 0. The number of hydrogen-bond donors (Lipinski definition) is 4. The van der Waals surface area contributed by atoms with Gasteiger partial charge in [0.05, 0.1) is 11.6 Å². The van der Waals surface area contributed by atoms with Crippen LogP contribution in [0.2, 0.25) is 0 Å². The van der Waals surface area contributed by atoms with E-state index in [4.69, 9.17) is 16.6 Å². The maximum absolute atomic E-state index is 12.7. The fraction of sp³-hybridized carbons (Fsp3) is 0.600. The van der Waals surface area contributed by atoms with E-state index in [2.05, 4.69) is 0 Å². The van der Waals surface area contributed by atoms with Crippen molar-refractivity contribution in [2.75, 3.05) is 6.61 Å². The first-order valence-electron chi connectivity index (χ1n) is 5.07. The third kappa shape index (κ3) is 3.29. The van der Waals surface area contributed by atoms with Crippen LogP contribution in [0.5, 0.6) is 0 Å². The molecule has 0 aliphatic heterocycles. The molecule has 1 aliphatic carbocycles. The largest absolute Gasteiger partial charge is 0.416 e. The monoisotopic (exact) mass is 252 g/mol. The van der Waals surface area contributed by atoms with E-state index < -0.39 is 23.5 Å². The van der Waals surface area contributed by atoms with Crippen LogP contribution in [0.1, 0.15) is 12.8 Å². The summed E-state index contributed by atoms with van der Waals surface area (Å²) in [7, 11) is 0. The first-order valence-corrected chi connectivity index (χ1v) is 5.07. The van der Waals surface area contributed by atoms with Crippen LogP contribution in [-0.4, -0.2) is 34.8 Å². The number of aliphatic hydroxyl groups is 2. The summed E-state index contributed by atoms with van der Waals surface area (Å²) < 4.78 is 38.1. The van der Waals surface area contributed by atoms with Crippen LogP contribution in [0, 0.1) is 0 Å². The van der Waals surface area contributed by atoms with Crippen LogP contribution in [-0.2, 0) is 0 Å². The van der Waals surface area contributed by atoms with Gasteiger partial charge in [0, 0.05) is 6.61 Å². The standard InChI is InChI=1S/C10H15F3N2O2/c11-10(12,13)7-5-9(15,17)8(14)4-6(7)2-1-3-16/h4-5,8,16-17H,1-3,14-15H2. The Labute approximate surface area is 96.4 Å². The molecule has 4 nitrogen and oxygen atoms in total. The molecule has 2 unspecified atom stereocenters. The highest BCUT2D eigenvalue weighted by Gasteiger charge is 2.42. The Kier molecular flexibility index (Phi) is 3.98. The highest BCUT2D eigenvalue weighted by molar-refractivity contribution is 5.42. The second-order valence-corrected chi connectivity index (χ2v) is 3.99. The molecule has 0 aromatic heterocycles. The molecule has 0 aromatic rings. The van der Waals surface area contributed by atoms with E-state index in [-0.39, 0.29) is 25.0 Å². The fourth-order valence-corrected chi connectivity index (χ4v) is 1.61. The lowest BCUT2D eigenvalue weighted by Gasteiger charge is -2.32. The topological polar surface area (TPSA) is 92.5 Å². The number of halogens is 3. The van der Waals surface area contributed by atoms with Crippen molar-refractivity contribution in [3.8, 4) is 0 Å². The number of allylic oxidation sites excluding steroid dienone is 2. The smallest absolute Gasteiger partial charge is 0.396 e. The molecule has 7 heteroatoms. The Morgan fingerprint density at radius 3 is 2.47 bits per heavy atom. The zero-order valence-electron chi connectivity index (χ0n) is 9.04. The van der Waals surface area contributed by atoms with E-state index in [0.29, 0.717) is 6.08 Å². The molecule has 17 heavy (non-hydrogen) atoms. The van der Waals surface area contributed by atoms with Crippen molar-refractivity contribution in [3.63, 3.8) is 0 Å². The van der Waals surface area contributed by atoms with Crippen molar-refractivity contribution in [2.24, 2.45) is 11.5 Å². The van der Waals surface area contributed by atoms with E-state index in [1.807, 2.05) is 0 Å². The van der Waals surface area contributed by atoms with Gasteiger partial charge in [-0.2, -0.15) is 13.2 Å². The lowest BCUT2D eigenvalue weighted by atomic mass is 9.87. The molecule has 1 rings (SSSR count). The summed E-state index contributed by atoms with van der Waals surface area (Å²) in [6, 6.07) is -1.10. The summed E-state index contributed by atoms with van der Waals surface area (Å²) in [6.45, 7) is -0.218. The van der Waals surface area contributed by atoms with Gasteiger partial charge in [-0.1, -0.05) is 6.08 Å². The zero-order valence-corrected chi connectivity index (χ0v) is 9.04. The van der Waals surface area contributed by atoms with Gasteiger partial charge in [-0.25, -0.2) is 0 Å². The summed E-state index contributed by atoms with van der Waals surface area (Å²) in [5, 5.41) is 18.1. The predicted molar refractivity (Wildman–Crippen MR) is 55.7 cm³/mol. The minimum Gasteiger partial charge on any atom is -0.396 e. The first-order chi connectivity index (χ1) is 7.68. The van der Waals surface area contributed by atoms with Gasteiger partial charge in [0.1, 0.15) is 0 Å². The van der Waals surface area contributed by atoms with Crippen molar-refractivity contribution < 1.29 is 23.4 Å². The summed E-state index contributed by atoms with van der Waals surface area (Å²) in [5.41, 5.74) is 7.48. The summed E-state index contributed by atoms with van der Waals surface area (Å²) in [6.07, 6.45) is -2.75. The van der Waals surface area contributed by atoms with E-state index in [1.54, 1.807) is 0 Å². The third-order valence-corrected chi connectivity index (χ3v) is 2.55. The lowest BCUT2D eigenvalue weighted by Crippen LogP contribution is -2.55. The highest BCUT2D eigenvalue weighted by Crippen LogP contribution is 2.37. The number of hydrogen-bond acceptors (Lipinski definition) is 4. The van der Waals surface area contributed by atoms with Gasteiger partial charge in [-0.15, -0.1) is 0 Å². The highest BCUT2D eigenvalue weighted by atomic mass is 19.4. The molecule has 0 saturated carbocycles. The Balaban J connectivity index is 3.06. The van der Waals surface area contributed by atoms with Crippen LogP contribution >= 0.6 is 0 Å². The van der Waals surface area contributed by atoms with Crippen molar-refractivity contribution in [2.45, 2.75) is 30.8 Å². The number of alkyl halides is 3. The fourth-order valence-electron chi connectivity index (χ4n) is 1.61. The van der Waals surface area contributed by atoms with E-state index in [9.17, 15) is 18.3 Å². The van der Waals surface area contributed by atoms with Gasteiger partial charge in [0.15, 0.2) is 5.72 Å². The summed E-state index contributed by atoms with van der Waals surface area (Å²) >= 11 is 0. The molecule has 0 aromatic carbocycles. The molecule has 0 spiro atoms. The Morgan fingerprint density at radius 1 is 1.41 bits per heavy atom. The van der Waals surface area contributed by atoms with Gasteiger partial charge in [-0.05, 0) is 24.5 Å². The quantitative estimate of drug-likeness (QED) is 0.538. The molecule has 0 saturated heterocycles. The van der Waals surface area contributed by atoms with Crippen molar-refractivity contribution in [1.82, 2.24) is 0 Å². The van der Waals surface area contributed by atoms with E-state index in [0.717, 1.165) is 6.08 Å². The summed E-state index contributed by atoms with van der Waals surface area (Å²) in [5.74, 6) is 0. The number of aliphatic hydroxyl groups excluding tert-OH is 1. The predicted octanol–water partition coefficient (Wildman–Crippen LogP) is 0.162. The SMILES string of the molecule is NC1C=C(CCCO)C(C(F)(F)F)=CC1(N)O. The Morgan fingerprint density at radius 2 is 2.00 bits per heavy atom. The maximum atomic E-state index is 12.7. The second kappa shape index (κ2) is 4.77. The van der Waals surface area contributed by atoms with Crippen molar-refractivity contribution >= 4 is 0 Å². The van der Waals surface area contributed by atoms with E-state index in [1.165, 1.54) is 0 Å².